The SMILES string of the molecule is Cc1ccc(CCN(CC2CCCO2)C(=O)CC2COCCN2)cc1.Cl. The first-order chi connectivity index (χ1) is 12.2. The van der Waals surface area contributed by atoms with E-state index >= 15 is 0 Å². The van der Waals surface area contributed by atoms with Gasteiger partial charge in [0, 0.05) is 38.7 Å². The second-order valence-corrected chi connectivity index (χ2v) is 7.14. The van der Waals surface area contributed by atoms with Crippen LogP contribution in [0.2, 0.25) is 0 Å². The predicted octanol–water partition coefficient (Wildman–Crippen LogP) is 2.35. The van der Waals surface area contributed by atoms with E-state index in [4.69, 9.17) is 9.47 Å². The van der Waals surface area contributed by atoms with Gasteiger partial charge in [0.25, 0.3) is 0 Å². The summed E-state index contributed by atoms with van der Waals surface area (Å²) in [6.45, 7) is 6.55. The molecule has 0 aromatic heterocycles. The number of amides is 1. The highest BCUT2D eigenvalue weighted by Gasteiger charge is 2.25. The summed E-state index contributed by atoms with van der Waals surface area (Å²) in [6.07, 6.45) is 3.73. The smallest absolute Gasteiger partial charge is 0.224 e. The van der Waals surface area contributed by atoms with Crippen molar-refractivity contribution in [1.29, 1.82) is 0 Å². The van der Waals surface area contributed by atoms with Crippen LogP contribution in [-0.2, 0) is 20.7 Å². The van der Waals surface area contributed by atoms with Gasteiger partial charge in [-0.25, -0.2) is 0 Å². The van der Waals surface area contributed by atoms with Crippen molar-refractivity contribution in [2.75, 3.05) is 39.5 Å². The van der Waals surface area contributed by atoms with Gasteiger partial charge in [0.2, 0.25) is 5.91 Å². The Morgan fingerprint density at radius 2 is 2.08 bits per heavy atom. The van der Waals surface area contributed by atoms with E-state index in [1.165, 1.54) is 11.1 Å². The van der Waals surface area contributed by atoms with Gasteiger partial charge in [0.05, 0.1) is 19.3 Å². The molecule has 2 saturated heterocycles. The van der Waals surface area contributed by atoms with E-state index in [0.717, 1.165) is 45.6 Å². The zero-order valence-electron chi connectivity index (χ0n) is 15.6. The fourth-order valence-electron chi connectivity index (χ4n) is 3.46. The zero-order valence-corrected chi connectivity index (χ0v) is 16.4. The lowest BCUT2D eigenvalue weighted by Crippen LogP contribution is -2.46. The van der Waals surface area contributed by atoms with Crippen LogP contribution in [0.5, 0.6) is 0 Å². The van der Waals surface area contributed by atoms with Gasteiger partial charge in [-0.2, -0.15) is 0 Å². The maximum absolute atomic E-state index is 12.8. The molecule has 146 valence electrons. The average Bonchev–Trinajstić information content (AvgIpc) is 3.14. The van der Waals surface area contributed by atoms with Gasteiger partial charge >= 0.3 is 0 Å². The molecule has 0 spiro atoms. The largest absolute Gasteiger partial charge is 0.378 e. The fourth-order valence-corrected chi connectivity index (χ4v) is 3.46. The van der Waals surface area contributed by atoms with E-state index in [1.807, 2.05) is 4.90 Å². The summed E-state index contributed by atoms with van der Waals surface area (Å²) in [5.41, 5.74) is 2.54. The molecule has 0 aliphatic carbocycles. The number of halogens is 1. The quantitative estimate of drug-likeness (QED) is 0.786. The first-order valence-corrected chi connectivity index (χ1v) is 9.47. The van der Waals surface area contributed by atoms with Crippen molar-refractivity contribution in [1.82, 2.24) is 10.2 Å². The van der Waals surface area contributed by atoms with Crippen LogP contribution < -0.4 is 5.32 Å². The molecule has 0 radical (unpaired) electrons. The molecular weight excluding hydrogens is 352 g/mol. The van der Waals surface area contributed by atoms with Crippen molar-refractivity contribution in [2.45, 2.75) is 44.8 Å². The summed E-state index contributed by atoms with van der Waals surface area (Å²) in [5.74, 6) is 0.200. The molecule has 0 saturated carbocycles. The molecular formula is C20H31ClN2O3. The van der Waals surface area contributed by atoms with E-state index in [0.29, 0.717) is 19.6 Å². The van der Waals surface area contributed by atoms with Crippen LogP contribution in [0.4, 0.5) is 0 Å². The molecule has 6 heteroatoms. The average molecular weight is 383 g/mol. The van der Waals surface area contributed by atoms with E-state index in [-0.39, 0.29) is 30.5 Å². The summed E-state index contributed by atoms with van der Waals surface area (Å²) in [4.78, 5) is 14.8. The summed E-state index contributed by atoms with van der Waals surface area (Å²) in [6, 6.07) is 8.70. The Morgan fingerprint density at radius 3 is 2.73 bits per heavy atom. The highest BCUT2D eigenvalue weighted by Crippen LogP contribution is 2.15. The third kappa shape index (κ3) is 6.54. The minimum absolute atomic E-state index is 0. The van der Waals surface area contributed by atoms with E-state index in [1.54, 1.807) is 0 Å². The molecule has 1 N–H and O–H groups in total. The topological polar surface area (TPSA) is 50.8 Å². The number of carbonyl (C=O) groups excluding carboxylic acids is 1. The third-order valence-corrected chi connectivity index (χ3v) is 5.01. The standard InChI is InChI=1S/C20H30N2O3.ClH/c1-16-4-6-17(7-5-16)8-10-22(14-19-3-2-11-25-19)20(23)13-18-15-24-12-9-21-18;/h4-7,18-19,21H,2-3,8-15H2,1H3;1H. The van der Waals surface area contributed by atoms with E-state index in [2.05, 4.69) is 36.5 Å². The van der Waals surface area contributed by atoms with Gasteiger partial charge in [-0.1, -0.05) is 29.8 Å². The Kier molecular flexibility index (Phi) is 8.85. The molecule has 1 aromatic rings. The molecule has 2 fully saturated rings. The zero-order chi connectivity index (χ0) is 17.5. The maximum atomic E-state index is 12.8. The number of aryl methyl sites for hydroxylation is 1. The van der Waals surface area contributed by atoms with Gasteiger partial charge in [-0.3, -0.25) is 4.79 Å². The van der Waals surface area contributed by atoms with Crippen LogP contribution >= 0.6 is 12.4 Å². The minimum atomic E-state index is 0. The monoisotopic (exact) mass is 382 g/mol. The highest BCUT2D eigenvalue weighted by molar-refractivity contribution is 5.85. The number of nitrogens with one attached hydrogen (secondary N) is 1. The van der Waals surface area contributed by atoms with Crippen LogP contribution in [-0.4, -0.2) is 62.4 Å². The summed E-state index contributed by atoms with van der Waals surface area (Å²) in [7, 11) is 0. The molecule has 2 aliphatic rings. The Bertz CT molecular complexity index is 540. The van der Waals surface area contributed by atoms with Crippen LogP contribution in [0.1, 0.15) is 30.4 Å². The van der Waals surface area contributed by atoms with Crippen molar-refractivity contribution in [3.8, 4) is 0 Å². The minimum Gasteiger partial charge on any atom is -0.378 e. The lowest BCUT2D eigenvalue weighted by molar-refractivity contribution is -0.134. The van der Waals surface area contributed by atoms with Crippen LogP contribution in [0.25, 0.3) is 0 Å². The normalized spacial score (nSPS) is 22.7. The Morgan fingerprint density at radius 1 is 1.27 bits per heavy atom. The number of morpholine rings is 1. The third-order valence-electron chi connectivity index (χ3n) is 5.01. The Balaban J connectivity index is 0.00000243. The summed E-state index contributed by atoms with van der Waals surface area (Å²) >= 11 is 0. The number of rotatable bonds is 7. The lowest BCUT2D eigenvalue weighted by Gasteiger charge is -2.29. The molecule has 5 nitrogen and oxygen atoms in total. The van der Waals surface area contributed by atoms with Crippen LogP contribution in [0.3, 0.4) is 0 Å². The van der Waals surface area contributed by atoms with Crippen LogP contribution in [0, 0.1) is 6.92 Å². The van der Waals surface area contributed by atoms with Crippen molar-refractivity contribution >= 4 is 18.3 Å². The van der Waals surface area contributed by atoms with Crippen LogP contribution in [0.15, 0.2) is 24.3 Å². The summed E-state index contributed by atoms with van der Waals surface area (Å²) < 4.78 is 11.2. The number of nitrogens with zero attached hydrogens (tertiary/aromatic N) is 1. The highest BCUT2D eigenvalue weighted by atomic mass is 35.5. The predicted molar refractivity (Wildman–Crippen MR) is 105 cm³/mol. The van der Waals surface area contributed by atoms with Gasteiger partial charge in [-0.15, -0.1) is 12.4 Å². The molecule has 1 amide bonds. The Hall–Kier alpha value is -1.14. The van der Waals surface area contributed by atoms with Crippen molar-refractivity contribution in [3.05, 3.63) is 35.4 Å². The lowest BCUT2D eigenvalue weighted by atomic mass is 10.1. The maximum Gasteiger partial charge on any atom is 0.224 e. The first-order valence-electron chi connectivity index (χ1n) is 9.47. The molecule has 2 aliphatic heterocycles. The van der Waals surface area contributed by atoms with Crippen molar-refractivity contribution < 1.29 is 14.3 Å². The number of hydrogen-bond donors (Lipinski definition) is 1. The summed E-state index contributed by atoms with van der Waals surface area (Å²) in [5, 5.41) is 3.37. The number of ether oxygens (including phenoxy) is 2. The fraction of sp³-hybridized carbons (Fsp3) is 0.650. The molecule has 3 rings (SSSR count). The van der Waals surface area contributed by atoms with Gasteiger partial charge in [0.1, 0.15) is 0 Å². The van der Waals surface area contributed by atoms with Crippen molar-refractivity contribution in [2.24, 2.45) is 0 Å². The van der Waals surface area contributed by atoms with Gasteiger partial charge < -0.3 is 19.7 Å². The first kappa shape index (κ1) is 21.2. The van der Waals surface area contributed by atoms with Gasteiger partial charge in [-0.05, 0) is 31.7 Å². The number of carbonyl (C=O) groups is 1. The molecule has 0 bridgehead atoms. The number of benzene rings is 1. The van der Waals surface area contributed by atoms with E-state index in [9.17, 15) is 4.79 Å². The van der Waals surface area contributed by atoms with Crippen molar-refractivity contribution in [3.63, 3.8) is 0 Å². The molecule has 26 heavy (non-hydrogen) atoms. The molecule has 2 unspecified atom stereocenters. The number of hydrogen-bond acceptors (Lipinski definition) is 4. The van der Waals surface area contributed by atoms with Gasteiger partial charge in [0.15, 0.2) is 0 Å². The molecule has 2 heterocycles. The van der Waals surface area contributed by atoms with E-state index < -0.39 is 0 Å². The second-order valence-electron chi connectivity index (χ2n) is 7.14. The second kappa shape index (κ2) is 10.9. The molecule has 1 aromatic carbocycles. The molecule has 2 atom stereocenters. The Labute approximate surface area is 162 Å².